The molecule has 26 heavy (non-hydrogen) atoms. The van der Waals surface area contributed by atoms with Gasteiger partial charge in [-0.15, -0.1) is 15.0 Å². The first-order valence-corrected chi connectivity index (χ1v) is 8.14. The smallest absolute Gasteiger partial charge is 0.408 e. The fourth-order valence-corrected chi connectivity index (χ4v) is 1.81. The highest BCUT2D eigenvalue weighted by Gasteiger charge is 2.30. The zero-order valence-electron chi connectivity index (χ0n) is 16.2. The second kappa shape index (κ2) is 9.16. The highest BCUT2D eigenvalue weighted by atomic mass is 16.6. The Kier molecular flexibility index (Phi) is 7.54. The quantitative estimate of drug-likeness (QED) is 0.715. The highest BCUT2D eigenvalue weighted by Crippen LogP contribution is 2.17. The van der Waals surface area contributed by atoms with E-state index in [4.69, 9.17) is 18.9 Å². The topological polar surface area (TPSA) is 122 Å². The van der Waals surface area contributed by atoms with Gasteiger partial charge in [-0.2, -0.15) is 0 Å². The van der Waals surface area contributed by atoms with Crippen LogP contribution in [0.1, 0.15) is 41.0 Å². The third kappa shape index (κ3) is 6.69. The van der Waals surface area contributed by atoms with Crippen molar-refractivity contribution in [1.82, 2.24) is 20.3 Å². The Morgan fingerprint density at radius 1 is 1.04 bits per heavy atom. The standard InChI is InChI=1S/C16H26N4O6/c1-8-9(2)10(17-15(22)26-16(3,4)5)11(21)25-14-19-12(23-6)18-13(20-14)24-7/h9-10H,8H2,1-7H3,(H,17,22)/t9?,10-/m0/s1. The van der Waals surface area contributed by atoms with Crippen molar-refractivity contribution in [2.75, 3.05) is 14.2 Å². The molecule has 1 rings (SSSR count). The molecule has 0 aliphatic heterocycles. The van der Waals surface area contributed by atoms with Crippen molar-refractivity contribution in [3.05, 3.63) is 0 Å². The first-order chi connectivity index (χ1) is 12.1. The van der Waals surface area contributed by atoms with Crippen LogP contribution < -0.4 is 19.5 Å². The Bertz CT molecular complexity index is 609. The van der Waals surface area contributed by atoms with Gasteiger partial charge in [0.15, 0.2) is 0 Å². The average molecular weight is 370 g/mol. The number of rotatable bonds is 7. The fourth-order valence-electron chi connectivity index (χ4n) is 1.81. The fraction of sp³-hybridized carbons (Fsp3) is 0.688. The summed E-state index contributed by atoms with van der Waals surface area (Å²) in [7, 11) is 2.71. The summed E-state index contributed by atoms with van der Waals surface area (Å²) in [5.74, 6) is -0.943. The van der Waals surface area contributed by atoms with Gasteiger partial charge in [0.25, 0.3) is 0 Å². The number of carbonyl (C=O) groups is 2. The minimum absolute atomic E-state index is 0.0696. The van der Waals surface area contributed by atoms with E-state index in [2.05, 4.69) is 20.3 Å². The van der Waals surface area contributed by atoms with E-state index in [1.54, 1.807) is 27.7 Å². The molecule has 1 heterocycles. The van der Waals surface area contributed by atoms with Crippen LogP contribution in [0.4, 0.5) is 4.79 Å². The van der Waals surface area contributed by atoms with Crippen molar-refractivity contribution in [3.8, 4) is 18.0 Å². The number of nitrogens with zero attached hydrogens (tertiary/aromatic N) is 3. The van der Waals surface area contributed by atoms with Crippen molar-refractivity contribution in [3.63, 3.8) is 0 Å². The molecule has 0 fully saturated rings. The third-order valence-corrected chi connectivity index (χ3v) is 3.27. The van der Waals surface area contributed by atoms with Gasteiger partial charge in [-0.25, -0.2) is 9.59 Å². The lowest BCUT2D eigenvalue weighted by Crippen LogP contribution is -2.48. The highest BCUT2D eigenvalue weighted by molar-refractivity contribution is 5.83. The molecule has 1 aromatic rings. The van der Waals surface area contributed by atoms with E-state index in [-0.39, 0.29) is 23.9 Å². The number of hydrogen-bond donors (Lipinski definition) is 1. The van der Waals surface area contributed by atoms with Gasteiger partial charge >= 0.3 is 30.1 Å². The van der Waals surface area contributed by atoms with Gasteiger partial charge in [0, 0.05) is 0 Å². The summed E-state index contributed by atoms with van der Waals surface area (Å²) in [5, 5.41) is 2.53. The van der Waals surface area contributed by atoms with E-state index < -0.39 is 23.7 Å². The van der Waals surface area contributed by atoms with E-state index in [9.17, 15) is 9.59 Å². The van der Waals surface area contributed by atoms with Gasteiger partial charge in [-0.3, -0.25) is 0 Å². The SMILES string of the molecule is CCC(C)[C@H](NC(=O)OC(C)(C)C)C(=O)Oc1nc(OC)nc(OC)n1. The van der Waals surface area contributed by atoms with Crippen LogP contribution in [0.15, 0.2) is 0 Å². The van der Waals surface area contributed by atoms with E-state index in [1.165, 1.54) is 14.2 Å². The summed E-state index contributed by atoms with van der Waals surface area (Å²) in [6.07, 6.45) is -0.0927. The molecule has 146 valence electrons. The number of esters is 1. The minimum Gasteiger partial charge on any atom is -0.467 e. The summed E-state index contributed by atoms with van der Waals surface area (Å²) in [6, 6.07) is -1.37. The van der Waals surface area contributed by atoms with E-state index in [0.29, 0.717) is 6.42 Å². The number of methoxy groups -OCH3 is 2. The third-order valence-electron chi connectivity index (χ3n) is 3.27. The van der Waals surface area contributed by atoms with Crippen LogP contribution in [-0.4, -0.2) is 52.9 Å². The van der Waals surface area contributed by atoms with E-state index >= 15 is 0 Å². The Morgan fingerprint density at radius 2 is 1.54 bits per heavy atom. The van der Waals surface area contributed by atoms with E-state index in [0.717, 1.165) is 0 Å². The molecule has 2 atom stereocenters. The van der Waals surface area contributed by atoms with Gasteiger partial charge in [-0.05, 0) is 26.7 Å². The number of aromatic nitrogens is 3. The second-order valence-corrected chi connectivity index (χ2v) is 6.52. The van der Waals surface area contributed by atoms with Crippen LogP contribution >= 0.6 is 0 Å². The number of alkyl carbamates (subject to hydrolysis) is 1. The molecule has 0 aliphatic rings. The lowest BCUT2D eigenvalue weighted by molar-refractivity contribution is -0.138. The van der Waals surface area contributed by atoms with E-state index in [1.807, 2.05) is 6.92 Å². The monoisotopic (exact) mass is 370 g/mol. The molecule has 1 unspecified atom stereocenters. The summed E-state index contributed by atoms with van der Waals surface area (Å²) in [4.78, 5) is 36.0. The number of nitrogens with one attached hydrogen (secondary N) is 1. The molecule has 1 aromatic heterocycles. The molecule has 0 saturated heterocycles. The van der Waals surface area contributed by atoms with Crippen LogP contribution in [-0.2, 0) is 9.53 Å². The largest absolute Gasteiger partial charge is 0.467 e. The second-order valence-electron chi connectivity index (χ2n) is 6.52. The molecular formula is C16H26N4O6. The summed E-state index contributed by atoms with van der Waals surface area (Å²) in [6.45, 7) is 8.88. The number of amides is 1. The predicted molar refractivity (Wildman–Crippen MR) is 91.2 cm³/mol. The number of carbonyl (C=O) groups excluding carboxylic acids is 2. The molecule has 0 aliphatic carbocycles. The number of ether oxygens (including phenoxy) is 4. The lowest BCUT2D eigenvalue weighted by atomic mass is 9.99. The Balaban J connectivity index is 2.94. The Morgan fingerprint density at radius 3 is 1.96 bits per heavy atom. The van der Waals surface area contributed by atoms with Crippen LogP contribution in [0.3, 0.4) is 0 Å². The van der Waals surface area contributed by atoms with Crippen LogP contribution in [0.5, 0.6) is 18.0 Å². The molecule has 0 saturated carbocycles. The van der Waals surface area contributed by atoms with Gasteiger partial charge < -0.3 is 24.3 Å². The maximum Gasteiger partial charge on any atom is 0.408 e. The van der Waals surface area contributed by atoms with Crippen molar-refractivity contribution < 1.29 is 28.5 Å². The van der Waals surface area contributed by atoms with Crippen LogP contribution in [0.2, 0.25) is 0 Å². The average Bonchev–Trinajstić information content (AvgIpc) is 2.56. The van der Waals surface area contributed by atoms with Crippen molar-refractivity contribution >= 4 is 12.1 Å². The minimum atomic E-state index is -0.941. The van der Waals surface area contributed by atoms with Crippen molar-refractivity contribution in [1.29, 1.82) is 0 Å². The molecule has 0 bridgehead atoms. The zero-order valence-corrected chi connectivity index (χ0v) is 16.2. The lowest BCUT2D eigenvalue weighted by Gasteiger charge is -2.25. The van der Waals surface area contributed by atoms with Gasteiger partial charge in [0.2, 0.25) is 0 Å². The maximum absolute atomic E-state index is 12.5. The van der Waals surface area contributed by atoms with Gasteiger partial charge in [0.05, 0.1) is 14.2 Å². The number of hydrogen-bond acceptors (Lipinski definition) is 9. The molecule has 10 heteroatoms. The van der Waals surface area contributed by atoms with Crippen LogP contribution in [0, 0.1) is 5.92 Å². The van der Waals surface area contributed by atoms with Crippen molar-refractivity contribution in [2.24, 2.45) is 5.92 Å². The molecular weight excluding hydrogens is 344 g/mol. The summed E-state index contributed by atoms with van der Waals surface area (Å²) < 4.78 is 20.2. The summed E-state index contributed by atoms with van der Waals surface area (Å²) in [5.41, 5.74) is -0.692. The Labute approximate surface area is 152 Å². The summed E-state index contributed by atoms with van der Waals surface area (Å²) >= 11 is 0. The molecule has 10 nitrogen and oxygen atoms in total. The molecule has 0 radical (unpaired) electrons. The zero-order chi connectivity index (χ0) is 19.9. The first kappa shape index (κ1) is 21.4. The molecule has 0 spiro atoms. The predicted octanol–water partition coefficient (Wildman–Crippen LogP) is 1.73. The molecule has 1 N–H and O–H groups in total. The first-order valence-electron chi connectivity index (χ1n) is 8.14. The van der Waals surface area contributed by atoms with Crippen LogP contribution in [0.25, 0.3) is 0 Å². The van der Waals surface area contributed by atoms with Gasteiger partial charge in [0.1, 0.15) is 11.6 Å². The molecule has 1 amide bonds. The van der Waals surface area contributed by atoms with Gasteiger partial charge in [-0.1, -0.05) is 20.3 Å². The Hall–Kier alpha value is -2.65. The normalized spacial score (nSPS) is 13.3. The maximum atomic E-state index is 12.5. The molecule has 0 aromatic carbocycles. The van der Waals surface area contributed by atoms with Crippen molar-refractivity contribution in [2.45, 2.75) is 52.7 Å².